The van der Waals surface area contributed by atoms with Gasteiger partial charge < -0.3 is 5.32 Å². The predicted octanol–water partition coefficient (Wildman–Crippen LogP) is 2.34. The second-order valence-electron chi connectivity index (χ2n) is 4.91. The highest BCUT2D eigenvalue weighted by Crippen LogP contribution is 2.14. The molecular formula is C14H20N2O. The largest absolute Gasteiger partial charge is 0.325 e. The van der Waals surface area contributed by atoms with Gasteiger partial charge in [-0.15, -0.1) is 0 Å². The van der Waals surface area contributed by atoms with Crippen molar-refractivity contribution in [1.82, 2.24) is 4.90 Å². The fraction of sp³-hybridized carbons (Fsp3) is 0.500. The molecule has 1 fully saturated rings. The quantitative estimate of drug-likeness (QED) is 0.867. The van der Waals surface area contributed by atoms with Gasteiger partial charge in [0.25, 0.3) is 0 Å². The van der Waals surface area contributed by atoms with E-state index >= 15 is 0 Å². The van der Waals surface area contributed by atoms with Gasteiger partial charge in [-0.25, -0.2) is 0 Å². The van der Waals surface area contributed by atoms with Gasteiger partial charge in [0.1, 0.15) is 0 Å². The second-order valence-corrected chi connectivity index (χ2v) is 4.91. The Kier molecular flexibility index (Phi) is 3.79. The third-order valence-electron chi connectivity index (χ3n) is 3.07. The first kappa shape index (κ1) is 12.1. The zero-order valence-corrected chi connectivity index (χ0v) is 10.6. The normalized spacial score (nSPS) is 16.1. The van der Waals surface area contributed by atoms with Crippen LogP contribution in [-0.2, 0) is 4.79 Å². The Bertz CT molecular complexity index is 388. The molecular weight excluding hydrogens is 212 g/mol. The molecule has 0 bridgehead atoms. The summed E-state index contributed by atoms with van der Waals surface area (Å²) in [6.07, 6.45) is 2.44. The molecule has 1 amide bonds. The van der Waals surface area contributed by atoms with Gasteiger partial charge in [-0.3, -0.25) is 9.69 Å². The minimum Gasteiger partial charge on any atom is -0.325 e. The summed E-state index contributed by atoms with van der Waals surface area (Å²) in [5, 5.41) is 2.97. The Balaban J connectivity index is 1.92. The molecule has 1 N–H and O–H groups in total. The first-order valence-corrected chi connectivity index (χ1v) is 6.24. The Labute approximate surface area is 103 Å². The van der Waals surface area contributed by atoms with Crippen LogP contribution in [0.2, 0.25) is 0 Å². The van der Waals surface area contributed by atoms with E-state index in [-0.39, 0.29) is 5.91 Å². The molecule has 2 rings (SSSR count). The topological polar surface area (TPSA) is 32.3 Å². The van der Waals surface area contributed by atoms with Crippen molar-refractivity contribution in [2.75, 3.05) is 25.0 Å². The van der Waals surface area contributed by atoms with E-state index in [1.165, 1.54) is 24.0 Å². The molecule has 1 aromatic rings. The van der Waals surface area contributed by atoms with E-state index < -0.39 is 0 Å². The van der Waals surface area contributed by atoms with Gasteiger partial charge in [-0.05, 0) is 63.0 Å². The summed E-state index contributed by atoms with van der Waals surface area (Å²) in [6.45, 7) is 6.72. The minimum absolute atomic E-state index is 0.0944. The third kappa shape index (κ3) is 3.56. The van der Waals surface area contributed by atoms with E-state index in [0.29, 0.717) is 6.54 Å². The van der Waals surface area contributed by atoms with Gasteiger partial charge in [-0.1, -0.05) is 6.07 Å². The van der Waals surface area contributed by atoms with Crippen LogP contribution in [0.1, 0.15) is 24.0 Å². The van der Waals surface area contributed by atoms with Crippen LogP contribution >= 0.6 is 0 Å². The number of likely N-dealkylation sites (tertiary alicyclic amines) is 1. The van der Waals surface area contributed by atoms with Crippen LogP contribution in [0, 0.1) is 13.8 Å². The summed E-state index contributed by atoms with van der Waals surface area (Å²) in [4.78, 5) is 14.0. The van der Waals surface area contributed by atoms with E-state index in [0.717, 1.165) is 18.8 Å². The van der Waals surface area contributed by atoms with Crippen LogP contribution in [0.15, 0.2) is 18.2 Å². The number of hydrogen-bond acceptors (Lipinski definition) is 2. The van der Waals surface area contributed by atoms with Crippen LogP contribution in [0.25, 0.3) is 0 Å². The highest BCUT2D eigenvalue weighted by atomic mass is 16.2. The number of rotatable bonds is 3. The first-order valence-electron chi connectivity index (χ1n) is 6.24. The van der Waals surface area contributed by atoms with Crippen molar-refractivity contribution >= 4 is 11.6 Å². The molecule has 0 aromatic heterocycles. The fourth-order valence-electron chi connectivity index (χ4n) is 2.39. The number of nitrogens with one attached hydrogen (secondary N) is 1. The van der Waals surface area contributed by atoms with Crippen molar-refractivity contribution in [3.05, 3.63) is 29.3 Å². The Morgan fingerprint density at radius 1 is 1.18 bits per heavy atom. The molecule has 1 heterocycles. The summed E-state index contributed by atoms with van der Waals surface area (Å²) < 4.78 is 0. The average Bonchev–Trinajstić information content (AvgIpc) is 2.67. The van der Waals surface area contributed by atoms with E-state index in [4.69, 9.17) is 0 Å². The lowest BCUT2D eigenvalue weighted by molar-refractivity contribution is -0.117. The fourth-order valence-corrected chi connectivity index (χ4v) is 2.39. The van der Waals surface area contributed by atoms with Crippen molar-refractivity contribution in [3.63, 3.8) is 0 Å². The Hall–Kier alpha value is -1.35. The molecule has 0 saturated carbocycles. The van der Waals surface area contributed by atoms with E-state index in [1.807, 2.05) is 26.0 Å². The minimum atomic E-state index is 0.0944. The van der Waals surface area contributed by atoms with Crippen molar-refractivity contribution in [2.45, 2.75) is 26.7 Å². The number of carbonyl (C=O) groups is 1. The van der Waals surface area contributed by atoms with Crippen molar-refractivity contribution in [3.8, 4) is 0 Å². The third-order valence-corrected chi connectivity index (χ3v) is 3.07. The van der Waals surface area contributed by atoms with E-state index in [9.17, 15) is 4.79 Å². The molecule has 0 aliphatic carbocycles. The molecule has 1 aliphatic rings. The molecule has 1 aromatic carbocycles. The lowest BCUT2D eigenvalue weighted by Crippen LogP contribution is -2.30. The molecule has 0 radical (unpaired) electrons. The maximum atomic E-state index is 11.8. The number of aryl methyl sites for hydroxylation is 2. The molecule has 3 heteroatoms. The van der Waals surface area contributed by atoms with Gasteiger partial charge in [0, 0.05) is 5.69 Å². The van der Waals surface area contributed by atoms with Crippen LogP contribution in [-0.4, -0.2) is 30.4 Å². The van der Waals surface area contributed by atoms with Gasteiger partial charge >= 0.3 is 0 Å². The summed E-state index contributed by atoms with van der Waals surface area (Å²) in [5.41, 5.74) is 3.27. The van der Waals surface area contributed by atoms with Gasteiger partial charge in [0.15, 0.2) is 0 Å². The summed E-state index contributed by atoms with van der Waals surface area (Å²) in [5.74, 6) is 0.0944. The lowest BCUT2D eigenvalue weighted by Gasteiger charge is -2.14. The van der Waals surface area contributed by atoms with Crippen LogP contribution in [0.5, 0.6) is 0 Å². The monoisotopic (exact) mass is 232 g/mol. The average molecular weight is 232 g/mol. The SMILES string of the molecule is Cc1cc(C)cc(NC(=O)CN2CCCC2)c1. The number of anilines is 1. The number of amides is 1. The predicted molar refractivity (Wildman–Crippen MR) is 70.2 cm³/mol. The molecule has 17 heavy (non-hydrogen) atoms. The highest BCUT2D eigenvalue weighted by Gasteiger charge is 2.14. The summed E-state index contributed by atoms with van der Waals surface area (Å²) in [6, 6.07) is 6.12. The maximum absolute atomic E-state index is 11.8. The molecule has 0 atom stereocenters. The number of benzene rings is 1. The van der Waals surface area contributed by atoms with Crippen molar-refractivity contribution in [1.29, 1.82) is 0 Å². The zero-order valence-electron chi connectivity index (χ0n) is 10.6. The standard InChI is InChI=1S/C14H20N2O/c1-11-7-12(2)9-13(8-11)15-14(17)10-16-5-3-4-6-16/h7-9H,3-6,10H2,1-2H3,(H,15,17). The first-order chi connectivity index (χ1) is 8.13. The van der Waals surface area contributed by atoms with Gasteiger partial charge in [0.2, 0.25) is 5.91 Å². The van der Waals surface area contributed by atoms with Gasteiger partial charge in [0.05, 0.1) is 6.54 Å². The number of nitrogens with zero attached hydrogens (tertiary/aromatic N) is 1. The second kappa shape index (κ2) is 5.32. The van der Waals surface area contributed by atoms with Crippen LogP contribution < -0.4 is 5.32 Å². The molecule has 0 spiro atoms. The van der Waals surface area contributed by atoms with Gasteiger partial charge in [-0.2, -0.15) is 0 Å². The Morgan fingerprint density at radius 2 is 1.76 bits per heavy atom. The lowest BCUT2D eigenvalue weighted by atomic mass is 10.1. The molecule has 1 aliphatic heterocycles. The zero-order chi connectivity index (χ0) is 12.3. The molecule has 1 saturated heterocycles. The maximum Gasteiger partial charge on any atom is 0.238 e. The molecule has 3 nitrogen and oxygen atoms in total. The van der Waals surface area contributed by atoms with Crippen LogP contribution in [0.3, 0.4) is 0 Å². The molecule has 92 valence electrons. The number of hydrogen-bond donors (Lipinski definition) is 1. The van der Waals surface area contributed by atoms with Crippen molar-refractivity contribution < 1.29 is 4.79 Å². The van der Waals surface area contributed by atoms with Crippen molar-refractivity contribution in [2.24, 2.45) is 0 Å². The highest BCUT2D eigenvalue weighted by molar-refractivity contribution is 5.92. The van der Waals surface area contributed by atoms with E-state index in [1.54, 1.807) is 0 Å². The summed E-state index contributed by atoms with van der Waals surface area (Å²) in [7, 11) is 0. The Morgan fingerprint density at radius 3 is 2.35 bits per heavy atom. The molecule has 0 unspecified atom stereocenters. The smallest absolute Gasteiger partial charge is 0.238 e. The number of carbonyl (C=O) groups excluding carboxylic acids is 1. The summed E-state index contributed by atoms with van der Waals surface area (Å²) >= 11 is 0. The van der Waals surface area contributed by atoms with Crippen LogP contribution in [0.4, 0.5) is 5.69 Å². The van der Waals surface area contributed by atoms with E-state index in [2.05, 4.69) is 16.3 Å².